The van der Waals surface area contributed by atoms with Crippen molar-refractivity contribution in [2.75, 3.05) is 0 Å². The highest BCUT2D eigenvalue weighted by Crippen LogP contribution is 2.20. The van der Waals surface area contributed by atoms with Crippen LogP contribution in [0.15, 0.2) is 10.6 Å². The number of rotatable bonds is 0. The van der Waals surface area contributed by atoms with Crippen molar-refractivity contribution in [2.45, 2.75) is 25.7 Å². The van der Waals surface area contributed by atoms with E-state index in [0.29, 0.717) is 5.78 Å². The van der Waals surface area contributed by atoms with Crippen LogP contribution in [0, 0.1) is 0 Å². The van der Waals surface area contributed by atoms with Gasteiger partial charge in [0.25, 0.3) is 0 Å². The third kappa shape index (κ3) is 1.94. The lowest BCUT2D eigenvalue weighted by Gasteiger charge is -2.10. The number of hydrogen-bond acceptors (Lipinski definition) is 1. The Hall–Kier alpha value is -0.110. The summed E-state index contributed by atoms with van der Waals surface area (Å²) in [7, 11) is 0. The first-order valence-corrected chi connectivity index (χ1v) is 4.04. The van der Waals surface area contributed by atoms with Crippen LogP contribution < -0.4 is 0 Å². The van der Waals surface area contributed by atoms with E-state index < -0.39 is 0 Å². The van der Waals surface area contributed by atoms with Crippen molar-refractivity contribution in [3.05, 3.63) is 10.6 Å². The van der Waals surface area contributed by atoms with Gasteiger partial charge in [-0.15, -0.1) is 0 Å². The second-order valence-corrected chi connectivity index (χ2v) is 2.76. The van der Waals surface area contributed by atoms with Gasteiger partial charge in [-0.1, -0.05) is 21.5 Å². The van der Waals surface area contributed by atoms with Crippen LogP contribution >= 0.6 is 15.9 Å². The van der Waals surface area contributed by atoms with Crippen LogP contribution in [0.2, 0.25) is 0 Å². The summed E-state index contributed by atoms with van der Waals surface area (Å²) >= 11 is 3.26. The molecule has 0 atom stereocenters. The van der Waals surface area contributed by atoms with E-state index >= 15 is 0 Å². The van der Waals surface area contributed by atoms with Gasteiger partial charge >= 0.3 is 0 Å². The van der Waals surface area contributed by atoms with Gasteiger partial charge < -0.3 is 0 Å². The van der Waals surface area contributed by atoms with Crippen molar-refractivity contribution in [2.24, 2.45) is 0 Å². The molecule has 0 unspecified atom stereocenters. The fourth-order valence-corrected chi connectivity index (χ4v) is 1.42. The molecule has 0 aromatic carbocycles. The number of Topliss-reactive ketones (excluding diaryl/α,β-unsaturated/α-hetero) is 1. The molecule has 1 fully saturated rings. The van der Waals surface area contributed by atoms with Gasteiger partial charge in [-0.2, -0.15) is 0 Å². The van der Waals surface area contributed by atoms with Gasteiger partial charge in [0.05, 0.1) is 0 Å². The monoisotopic (exact) mass is 188 g/mol. The minimum atomic E-state index is 0.410. The largest absolute Gasteiger partial charge is 0.300 e. The van der Waals surface area contributed by atoms with Crippen LogP contribution in [0.1, 0.15) is 25.7 Å². The number of hydrogen-bond donors (Lipinski definition) is 0. The molecule has 1 rings (SSSR count). The van der Waals surface area contributed by atoms with Gasteiger partial charge in [0, 0.05) is 12.8 Å². The highest BCUT2D eigenvalue weighted by molar-refractivity contribution is 9.11. The zero-order valence-corrected chi connectivity index (χ0v) is 6.78. The summed E-state index contributed by atoms with van der Waals surface area (Å²) in [5.41, 5.74) is 1.37. The molecular formula is C7H9BrO. The van der Waals surface area contributed by atoms with E-state index in [9.17, 15) is 4.79 Å². The zero-order valence-electron chi connectivity index (χ0n) is 5.19. The number of ketones is 1. The van der Waals surface area contributed by atoms with Gasteiger partial charge in [-0.05, 0) is 17.8 Å². The molecule has 1 nitrogen and oxygen atoms in total. The molecule has 1 aliphatic carbocycles. The van der Waals surface area contributed by atoms with Gasteiger partial charge in [-0.3, -0.25) is 4.79 Å². The first-order chi connectivity index (χ1) is 4.33. The van der Waals surface area contributed by atoms with Gasteiger partial charge in [0.15, 0.2) is 0 Å². The molecule has 0 radical (unpaired) electrons. The lowest BCUT2D eigenvalue weighted by atomic mass is 9.95. The van der Waals surface area contributed by atoms with Gasteiger partial charge in [0.1, 0.15) is 5.78 Å². The molecule has 0 aliphatic heterocycles. The van der Waals surface area contributed by atoms with Crippen molar-refractivity contribution < 1.29 is 4.79 Å². The predicted molar refractivity (Wildman–Crippen MR) is 40.5 cm³/mol. The van der Waals surface area contributed by atoms with E-state index in [1.54, 1.807) is 0 Å². The Kier molecular flexibility index (Phi) is 2.46. The van der Waals surface area contributed by atoms with Crippen molar-refractivity contribution >= 4 is 21.7 Å². The maximum atomic E-state index is 10.7. The van der Waals surface area contributed by atoms with Crippen LogP contribution in [-0.4, -0.2) is 5.78 Å². The molecule has 0 N–H and O–H groups in total. The average molecular weight is 189 g/mol. The quantitative estimate of drug-likeness (QED) is 0.571. The Morgan fingerprint density at radius 1 is 1.22 bits per heavy atom. The Balaban J connectivity index is 2.44. The van der Waals surface area contributed by atoms with E-state index in [2.05, 4.69) is 15.9 Å². The molecule has 1 saturated carbocycles. The highest BCUT2D eigenvalue weighted by Gasteiger charge is 2.10. The number of carbonyl (C=O) groups excluding carboxylic acids is 1. The van der Waals surface area contributed by atoms with E-state index in [1.165, 1.54) is 5.57 Å². The number of carbonyl (C=O) groups is 1. The topological polar surface area (TPSA) is 17.1 Å². The molecule has 1 aliphatic rings. The standard InChI is InChI=1S/C7H9BrO/c8-5-6-1-3-7(9)4-2-6/h5H,1-4H2. The minimum Gasteiger partial charge on any atom is -0.300 e. The van der Waals surface area contributed by atoms with Gasteiger partial charge in [0.2, 0.25) is 0 Å². The minimum absolute atomic E-state index is 0.410. The van der Waals surface area contributed by atoms with Gasteiger partial charge in [-0.25, -0.2) is 0 Å². The van der Waals surface area contributed by atoms with Crippen molar-refractivity contribution in [1.82, 2.24) is 0 Å². The summed E-state index contributed by atoms with van der Waals surface area (Å²) in [5, 5.41) is 0. The summed E-state index contributed by atoms with van der Waals surface area (Å²) in [4.78, 5) is 12.6. The summed E-state index contributed by atoms with van der Waals surface area (Å²) in [5.74, 6) is 0.410. The molecular weight excluding hydrogens is 180 g/mol. The molecule has 0 aromatic rings. The maximum Gasteiger partial charge on any atom is 0.133 e. The third-order valence-electron chi connectivity index (χ3n) is 1.60. The second-order valence-electron chi connectivity index (χ2n) is 2.31. The average Bonchev–Trinajstić information content (AvgIpc) is 1.90. The van der Waals surface area contributed by atoms with E-state index in [0.717, 1.165) is 25.7 Å². The second kappa shape index (κ2) is 3.16. The predicted octanol–water partition coefficient (Wildman–Crippen LogP) is 2.41. The fraction of sp³-hybridized carbons (Fsp3) is 0.571. The third-order valence-corrected chi connectivity index (χ3v) is 2.25. The first kappa shape index (κ1) is 7.00. The summed E-state index contributed by atoms with van der Waals surface area (Å²) in [6.45, 7) is 0. The van der Waals surface area contributed by atoms with Crippen LogP contribution in [0.25, 0.3) is 0 Å². The molecule has 0 spiro atoms. The SMILES string of the molecule is O=C1CCC(=CBr)CC1. The lowest BCUT2D eigenvalue weighted by Crippen LogP contribution is -2.05. The molecule has 9 heavy (non-hydrogen) atoms. The van der Waals surface area contributed by atoms with Crippen LogP contribution in [0.5, 0.6) is 0 Å². The molecule has 0 heterocycles. The zero-order chi connectivity index (χ0) is 6.69. The Morgan fingerprint density at radius 2 is 1.78 bits per heavy atom. The summed E-state index contributed by atoms with van der Waals surface area (Å²) in [6.07, 6.45) is 3.42. The molecule has 0 saturated heterocycles. The van der Waals surface area contributed by atoms with Crippen molar-refractivity contribution in [3.8, 4) is 0 Å². The van der Waals surface area contributed by atoms with Crippen LogP contribution in [0.3, 0.4) is 0 Å². The Bertz CT molecular complexity index is 137. The first-order valence-electron chi connectivity index (χ1n) is 3.13. The molecule has 0 aromatic heterocycles. The maximum absolute atomic E-state index is 10.7. The Morgan fingerprint density at radius 3 is 2.22 bits per heavy atom. The summed E-state index contributed by atoms with van der Waals surface area (Å²) < 4.78 is 0. The Labute approximate surface area is 63.3 Å². The highest BCUT2D eigenvalue weighted by atomic mass is 79.9. The normalized spacial score (nSPS) is 20.1. The molecule has 2 heteroatoms. The van der Waals surface area contributed by atoms with Crippen molar-refractivity contribution in [3.63, 3.8) is 0 Å². The van der Waals surface area contributed by atoms with E-state index in [-0.39, 0.29) is 0 Å². The number of halogens is 1. The number of allylic oxidation sites excluding steroid dienone is 1. The smallest absolute Gasteiger partial charge is 0.133 e. The fourth-order valence-electron chi connectivity index (χ4n) is 0.959. The molecule has 50 valence electrons. The lowest BCUT2D eigenvalue weighted by molar-refractivity contribution is -0.119. The van der Waals surface area contributed by atoms with E-state index in [1.807, 2.05) is 4.99 Å². The van der Waals surface area contributed by atoms with Crippen LogP contribution in [-0.2, 0) is 4.79 Å². The van der Waals surface area contributed by atoms with Crippen molar-refractivity contribution in [1.29, 1.82) is 0 Å². The molecule has 0 bridgehead atoms. The summed E-state index contributed by atoms with van der Waals surface area (Å²) in [6, 6.07) is 0. The van der Waals surface area contributed by atoms with Crippen LogP contribution in [0.4, 0.5) is 0 Å². The van der Waals surface area contributed by atoms with E-state index in [4.69, 9.17) is 0 Å². The molecule has 0 amide bonds.